The van der Waals surface area contributed by atoms with Gasteiger partial charge in [0.25, 0.3) is 5.91 Å². The summed E-state index contributed by atoms with van der Waals surface area (Å²) in [6.45, 7) is 1.90. The third-order valence-corrected chi connectivity index (χ3v) is 5.95. The number of esters is 1. The molecule has 6 nitrogen and oxygen atoms in total. The SMILES string of the molecule is COC(=O)c1ccc(C2C(C(=O)c3ccc(C)cc3)C(=O)C(=O)N2c2ccc(Cl)cc2)cc1. The van der Waals surface area contributed by atoms with Crippen LogP contribution in [0.25, 0.3) is 0 Å². The predicted molar refractivity (Wildman–Crippen MR) is 123 cm³/mol. The molecule has 33 heavy (non-hydrogen) atoms. The Morgan fingerprint density at radius 3 is 2.00 bits per heavy atom. The molecule has 0 aliphatic carbocycles. The summed E-state index contributed by atoms with van der Waals surface area (Å²) in [5.41, 5.74) is 2.62. The molecule has 0 radical (unpaired) electrons. The van der Waals surface area contributed by atoms with Crippen LogP contribution in [0.1, 0.15) is 37.9 Å². The van der Waals surface area contributed by atoms with E-state index in [1.54, 1.807) is 72.8 Å². The Morgan fingerprint density at radius 1 is 0.848 bits per heavy atom. The first-order valence-electron chi connectivity index (χ1n) is 10.2. The molecule has 166 valence electrons. The Hall–Kier alpha value is -3.77. The molecule has 0 spiro atoms. The number of hydrogen-bond acceptors (Lipinski definition) is 5. The van der Waals surface area contributed by atoms with Gasteiger partial charge in [0.05, 0.1) is 18.7 Å². The van der Waals surface area contributed by atoms with Crippen molar-refractivity contribution in [1.82, 2.24) is 0 Å². The minimum absolute atomic E-state index is 0.316. The van der Waals surface area contributed by atoms with Crippen molar-refractivity contribution in [2.45, 2.75) is 13.0 Å². The molecule has 1 saturated heterocycles. The van der Waals surface area contributed by atoms with E-state index in [0.29, 0.717) is 27.4 Å². The van der Waals surface area contributed by atoms with Crippen molar-refractivity contribution >= 4 is 40.7 Å². The number of hydrogen-bond donors (Lipinski definition) is 0. The van der Waals surface area contributed by atoms with Gasteiger partial charge in [-0.25, -0.2) is 4.79 Å². The van der Waals surface area contributed by atoms with Gasteiger partial charge in [-0.2, -0.15) is 0 Å². The highest BCUT2D eigenvalue weighted by Crippen LogP contribution is 2.41. The second-order valence-electron chi connectivity index (χ2n) is 7.78. The third kappa shape index (κ3) is 4.17. The van der Waals surface area contributed by atoms with Gasteiger partial charge in [0.15, 0.2) is 5.78 Å². The van der Waals surface area contributed by atoms with Crippen LogP contribution in [-0.4, -0.2) is 30.6 Å². The Kier molecular flexibility index (Phi) is 6.11. The van der Waals surface area contributed by atoms with Gasteiger partial charge in [-0.3, -0.25) is 19.3 Å². The van der Waals surface area contributed by atoms with E-state index in [9.17, 15) is 19.2 Å². The molecule has 0 saturated carbocycles. The zero-order valence-electron chi connectivity index (χ0n) is 17.9. The van der Waals surface area contributed by atoms with Crippen molar-refractivity contribution in [1.29, 1.82) is 0 Å². The van der Waals surface area contributed by atoms with Gasteiger partial charge in [0.1, 0.15) is 5.92 Å². The molecule has 0 bridgehead atoms. The fraction of sp³-hybridized carbons (Fsp3) is 0.154. The lowest BCUT2D eigenvalue weighted by Crippen LogP contribution is -2.30. The molecule has 2 unspecified atom stereocenters. The number of aryl methyl sites for hydroxylation is 1. The molecule has 0 aromatic heterocycles. The van der Waals surface area contributed by atoms with Gasteiger partial charge < -0.3 is 4.74 Å². The Morgan fingerprint density at radius 2 is 1.42 bits per heavy atom. The number of nitrogens with zero attached hydrogens (tertiary/aromatic N) is 1. The lowest BCUT2D eigenvalue weighted by atomic mass is 9.86. The van der Waals surface area contributed by atoms with E-state index >= 15 is 0 Å². The first kappa shape index (κ1) is 22.4. The van der Waals surface area contributed by atoms with E-state index in [1.807, 2.05) is 6.92 Å². The van der Waals surface area contributed by atoms with E-state index < -0.39 is 35.4 Å². The van der Waals surface area contributed by atoms with Crippen molar-refractivity contribution in [2.24, 2.45) is 5.92 Å². The average molecular weight is 462 g/mol. The van der Waals surface area contributed by atoms with Gasteiger partial charge in [-0.05, 0) is 48.9 Å². The number of methoxy groups -OCH3 is 1. The van der Waals surface area contributed by atoms with Gasteiger partial charge in [0, 0.05) is 16.3 Å². The van der Waals surface area contributed by atoms with Crippen LogP contribution < -0.4 is 4.90 Å². The standard InChI is InChI=1S/C26H20ClNO5/c1-15-3-5-17(6-4-15)23(29)21-22(16-7-9-18(10-8-16)26(32)33-2)28(25(31)24(21)30)20-13-11-19(27)12-14-20/h3-14,21-22H,1-2H3. The van der Waals surface area contributed by atoms with Crippen molar-refractivity contribution < 1.29 is 23.9 Å². The first-order chi connectivity index (χ1) is 15.8. The summed E-state index contributed by atoms with van der Waals surface area (Å²) in [5.74, 6) is -3.74. The van der Waals surface area contributed by atoms with Crippen molar-refractivity contribution in [3.63, 3.8) is 0 Å². The highest BCUT2D eigenvalue weighted by Gasteiger charge is 2.52. The van der Waals surface area contributed by atoms with Crippen molar-refractivity contribution in [3.8, 4) is 0 Å². The number of benzene rings is 3. The summed E-state index contributed by atoms with van der Waals surface area (Å²) in [6, 6.07) is 18.8. The summed E-state index contributed by atoms with van der Waals surface area (Å²) in [7, 11) is 1.28. The lowest BCUT2D eigenvalue weighted by molar-refractivity contribution is -0.135. The number of ether oxygens (including phenoxy) is 1. The number of Topliss-reactive ketones (excluding diaryl/α,β-unsaturated/α-hetero) is 2. The number of ketones is 2. The highest BCUT2D eigenvalue weighted by atomic mass is 35.5. The molecule has 1 aliphatic heterocycles. The number of carbonyl (C=O) groups is 4. The second kappa shape index (κ2) is 9.00. The number of amides is 1. The predicted octanol–water partition coefficient (Wildman–Crippen LogP) is 4.59. The van der Waals surface area contributed by atoms with Crippen LogP contribution in [0.3, 0.4) is 0 Å². The third-order valence-electron chi connectivity index (χ3n) is 5.70. The normalized spacial score (nSPS) is 17.8. The Labute approximate surface area is 195 Å². The van der Waals surface area contributed by atoms with Crippen LogP contribution in [0.4, 0.5) is 5.69 Å². The second-order valence-corrected chi connectivity index (χ2v) is 8.22. The fourth-order valence-corrected chi connectivity index (χ4v) is 4.11. The van der Waals surface area contributed by atoms with Gasteiger partial charge in [-0.1, -0.05) is 53.6 Å². The lowest BCUT2D eigenvalue weighted by Gasteiger charge is -2.27. The van der Waals surface area contributed by atoms with Crippen LogP contribution in [0, 0.1) is 12.8 Å². The monoisotopic (exact) mass is 461 g/mol. The molecule has 3 aromatic rings. The van der Waals surface area contributed by atoms with Crippen LogP contribution >= 0.6 is 11.6 Å². The van der Waals surface area contributed by atoms with Crippen LogP contribution in [0.5, 0.6) is 0 Å². The van der Waals surface area contributed by atoms with Crippen LogP contribution in [0.15, 0.2) is 72.8 Å². The molecular weight excluding hydrogens is 442 g/mol. The van der Waals surface area contributed by atoms with Gasteiger partial charge in [-0.15, -0.1) is 0 Å². The molecule has 1 fully saturated rings. The van der Waals surface area contributed by atoms with Crippen molar-refractivity contribution in [3.05, 3.63) is 100 Å². The molecule has 2 atom stereocenters. The minimum Gasteiger partial charge on any atom is -0.465 e. The molecule has 7 heteroatoms. The molecule has 3 aromatic carbocycles. The summed E-state index contributed by atoms with van der Waals surface area (Å²) >= 11 is 6.00. The molecular formula is C26H20ClNO5. The number of halogens is 1. The Bertz CT molecular complexity index is 1230. The maximum Gasteiger partial charge on any atom is 0.337 e. The van der Waals surface area contributed by atoms with Crippen molar-refractivity contribution in [2.75, 3.05) is 12.0 Å². The topological polar surface area (TPSA) is 80.8 Å². The summed E-state index contributed by atoms with van der Waals surface area (Å²) in [6.07, 6.45) is 0. The maximum absolute atomic E-state index is 13.5. The summed E-state index contributed by atoms with van der Waals surface area (Å²) in [4.78, 5) is 52.9. The summed E-state index contributed by atoms with van der Waals surface area (Å²) in [5, 5.41) is 0.475. The quantitative estimate of drug-likeness (QED) is 0.240. The smallest absolute Gasteiger partial charge is 0.337 e. The molecule has 0 N–H and O–H groups in total. The average Bonchev–Trinajstić information content (AvgIpc) is 3.09. The van der Waals surface area contributed by atoms with Crippen LogP contribution in [-0.2, 0) is 14.3 Å². The fourth-order valence-electron chi connectivity index (χ4n) is 3.99. The highest BCUT2D eigenvalue weighted by molar-refractivity contribution is 6.49. The molecule has 1 amide bonds. The Balaban J connectivity index is 1.83. The summed E-state index contributed by atoms with van der Waals surface area (Å²) < 4.78 is 4.74. The first-order valence-corrected chi connectivity index (χ1v) is 10.6. The molecule has 1 aliphatic rings. The minimum atomic E-state index is -1.24. The number of anilines is 1. The van der Waals surface area contributed by atoms with E-state index in [-0.39, 0.29) is 0 Å². The van der Waals surface area contributed by atoms with Gasteiger partial charge >= 0.3 is 5.97 Å². The van der Waals surface area contributed by atoms with E-state index in [0.717, 1.165) is 5.56 Å². The van der Waals surface area contributed by atoms with E-state index in [1.165, 1.54) is 12.0 Å². The molecule has 1 heterocycles. The van der Waals surface area contributed by atoms with E-state index in [2.05, 4.69) is 0 Å². The zero-order valence-corrected chi connectivity index (χ0v) is 18.7. The number of rotatable bonds is 5. The van der Waals surface area contributed by atoms with Crippen LogP contribution in [0.2, 0.25) is 5.02 Å². The van der Waals surface area contributed by atoms with Gasteiger partial charge in [0.2, 0.25) is 5.78 Å². The zero-order chi connectivity index (χ0) is 23.7. The largest absolute Gasteiger partial charge is 0.465 e. The van der Waals surface area contributed by atoms with E-state index in [4.69, 9.17) is 16.3 Å². The maximum atomic E-state index is 13.5. The number of carbonyl (C=O) groups excluding carboxylic acids is 4. The molecule has 4 rings (SSSR count).